The molecule has 162 valence electrons. The highest BCUT2D eigenvalue weighted by atomic mass is 35.5. The van der Waals surface area contributed by atoms with Crippen molar-refractivity contribution in [3.05, 3.63) is 57.6 Å². The predicted octanol–water partition coefficient (Wildman–Crippen LogP) is 4.11. The minimum Gasteiger partial charge on any atom is -0.393 e. The summed E-state index contributed by atoms with van der Waals surface area (Å²) >= 11 is 11.6. The lowest BCUT2D eigenvalue weighted by molar-refractivity contribution is 0.102. The summed E-state index contributed by atoms with van der Waals surface area (Å²) in [6.45, 7) is 0. The number of aliphatic hydroxyl groups is 1. The molecule has 0 atom stereocenters. The molecule has 6 nitrogen and oxygen atoms in total. The molecule has 0 radical (unpaired) electrons. The first kappa shape index (κ1) is 22.9. The second-order valence-electron chi connectivity index (χ2n) is 6.98. The topological polar surface area (TPSA) is 95.5 Å². The number of aliphatic hydroxyl groups excluding tert-OH is 1. The average molecular weight is 479 g/mol. The summed E-state index contributed by atoms with van der Waals surface area (Å²) in [4.78, 5) is 12.4. The molecular formula is C19H18Cl2F2N2O4S. The Morgan fingerprint density at radius 1 is 1.03 bits per heavy atom. The van der Waals surface area contributed by atoms with Gasteiger partial charge in [-0.25, -0.2) is 21.9 Å². The van der Waals surface area contributed by atoms with Crippen molar-refractivity contribution in [2.24, 2.45) is 0 Å². The fourth-order valence-electron chi connectivity index (χ4n) is 3.15. The van der Waals surface area contributed by atoms with Gasteiger partial charge in [0.25, 0.3) is 5.91 Å². The zero-order chi connectivity index (χ0) is 22.1. The van der Waals surface area contributed by atoms with Crippen LogP contribution in [0.3, 0.4) is 0 Å². The van der Waals surface area contributed by atoms with E-state index in [2.05, 4.69) is 10.0 Å². The van der Waals surface area contributed by atoms with Gasteiger partial charge in [-0.15, -0.1) is 0 Å². The smallest absolute Gasteiger partial charge is 0.257 e. The number of rotatable bonds is 5. The third-order valence-electron chi connectivity index (χ3n) is 4.75. The first-order chi connectivity index (χ1) is 14.1. The van der Waals surface area contributed by atoms with Gasteiger partial charge < -0.3 is 10.4 Å². The van der Waals surface area contributed by atoms with E-state index < -0.39 is 38.7 Å². The van der Waals surface area contributed by atoms with Gasteiger partial charge in [-0.2, -0.15) is 0 Å². The van der Waals surface area contributed by atoms with Crippen LogP contribution in [0, 0.1) is 11.6 Å². The predicted molar refractivity (Wildman–Crippen MR) is 109 cm³/mol. The standard InChI is InChI=1S/C19H18Cl2F2N2O4S/c20-15-6-5-13(30(28,29)25-10-1-3-12(26)4-2-10)9-14(15)19(27)24-11-7-16(21)18(23)17(22)8-11/h5-10,12,25-26H,1-4H2,(H,24,27). The molecule has 0 heterocycles. The molecule has 1 amide bonds. The van der Waals surface area contributed by atoms with Crippen LogP contribution in [0.1, 0.15) is 36.0 Å². The number of anilines is 1. The van der Waals surface area contributed by atoms with Crippen LogP contribution in [-0.2, 0) is 10.0 Å². The second kappa shape index (κ2) is 9.15. The van der Waals surface area contributed by atoms with Crippen molar-refractivity contribution in [2.45, 2.75) is 42.7 Å². The Morgan fingerprint density at radius 2 is 1.70 bits per heavy atom. The average Bonchev–Trinajstić information content (AvgIpc) is 2.67. The van der Waals surface area contributed by atoms with Gasteiger partial charge in [-0.1, -0.05) is 23.2 Å². The zero-order valence-corrected chi connectivity index (χ0v) is 17.8. The summed E-state index contributed by atoms with van der Waals surface area (Å²) in [5.74, 6) is -3.32. The molecule has 1 saturated carbocycles. The second-order valence-corrected chi connectivity index (χ2v) is 9.50. The van der Waals surface area contributed by atoms with Crippen molar-refractivity contribution in [1.82, 2.24) is 4.72 Å². The molecule has 3 rings (SSSR count). The van der Waals surface area contributed by atoms with Crippen molar-refractivity contribution in [3.63, 3.8) is 0 Å². The van der Waals surface area contributed by atoms with Crippen LogP contribution < -0.4 is 10.0 Å². The number of hydrogen-bond acceptors (Lipinski definition) is 4. The molecule has 2 aromatic rings. The molecule has 11 heteroatoms. The molecule has 30 heavy (non-hydrogen) atoms. The van der Waals surface area contributed by atoms with Gasteiger partial charge in [-0.05, 0) is 49.9 Å². The fourth-order valence-corrected chi connectivity index (χ4v) is 4.89. The van der Waals surface area contributed by atoms with E-state index in [1.54, 1.807) is 0 Å². The number of hydrogen-bond donors (Lipinski definition) is 3. The highest BCUT2D eigenvalue weighted by Crippen LogP contribution is 2.26. The molecular weight excluding hydrogens is 461 g/mol. The van der Waals surface area contributed by atoms with Crippen LogP contribution in [0.2, 0.25) is 10.0 Å². The van der Waals surface area contributed by atoms with Gasteiger partial charge in [0.1, 0.15) is 0 Å². The number of carbonyl (C=O) groups excluding carboxylic acids is 1. The van der Waals surface area contributed by atoms with Crippen LogP contribution >= 0.6 is 23.2 Å². The van der Waals surface area contributed by atoms with Crippen LogP contribution in [0.15, 0.2) is 35.2 Å². The molecule has 3 N–H and O–H groups in total. The molecule has 0 aromatic heterocycles. The maximum atomic E-state index is 13.5. The Kier molecular flexibility index (Phi) is 6.98. The number of amides is 1. The lowest BCUT2D eigenvalue weighted by Gasteiger charge is -2.26. The van der Waals surface area contributed by atoms with Crippen LogP contribution in [0.5, 0.6) is 0 Å². The zero-order valence-electron chi connectivity index (χ0n) is 15.5. The molecule has 0 saturated heterocycles. The number of nitrogens with one attached hydrogen (secondary N) is 2. The Balaban J connectivity index is 1.81. The van der Waals surface area contributed by atoms with Gasteiger partial charge in [0.05, 0.1) is 26.6 Å². The van der Waals surface area contributed by atoms with Crippen LogP contribution in [0.4, 0.5) is 14.5 Å². The van der Waals surface area contributed by atoms with E-state index in [9.17, 15) is 27.1 Å². The Labute approximate surface area is 182 Å². The molecule has 2 aromatic carbocycles. The van der Waals surface area contributed by atoms with Crippen LogP contribution in [0.25, 0.3) is 0 Å². The van der Waals surface area contributed by atoms with E-state index in [1.807, 2.05) is 0 Å². The summed E-state index contributed by atoms with van der Waals surface area (Å²) < 4.78 is 54.8. The molecule has 0 aliphatic heterocycles. The quantitative estimate of drug-likeness (QED) is 0.563. The molecule has 0 spiro atoms. The maximum absolute atomic E-state index is 13.5. The van der Waals surface area contributed by atoms with Crippen molar-refractivity contribution in [1.29, 1.82) is 0 Å². The number of benzene rings is 2. The number of carbonyl (C=O) groups is 1. The summed E-state index contributed by atoms with van der Waals surface area (Å²) in [6, 6.07) is 5.05. The normalized spacial score (nSPS) is 19.5. The maximum Gasteiger partial charge on any atom is 0.257 e. The first-order valence-corrected chi connectivity index (χ1v) is 11.3. The largest absolute Gasteiger partial charge is 0.393 e. The van der Waals surface area contributed by atoms with Crippen molar-refractivity contribution in [3.8, 4) is 0 Å². The molecule has 1 aliphatic carbocycles. The van der Waals surface area contributed by atoms with E-state index in [4.69, 9.17) is 23.2 Å². The van der Waals surface area contributed by atoms with E-state index in [1.165, 1.54) is 12.1 Å². The van der Waals surface area contributed by atoms with Gasteiger partial charge in [0.15, 0.2) is 11.6 Å². The van der Waals surface area contributed by atoms with Crippen molar-refractivity contribution >= 4 is 44.8 Å². The van der Waals surface area contributed by atoms with Gasteiger partial charge in [0.2, 0.25) is 10.0 Å². The van der Waals surface area contributed by atoms with Crippen molar-refractivity contribution in [2.75, 3.05) is 5.32 Å². The highest BCUT2D eigenvalue weighted by Gasteiger charge is 2.26. The van der Waals surface area contributed by atoms with Crippen molar-refractivity contribution < 1.29 is 27.1 Å². The minimum atomic E-state index is -3.94. The van der Waals surface area contributed by atoms with Crippen LogP contribution in [-0.4, -0.2) is 31.6 Å². The number of sulfonamides is 1. The third kappa shape index (κ3) is 5.28. The monoisotopic (exact) mass is 478 g/mol. The molecule has 1 aliphatic rings. The van der Waals surface area contributed by atoms with E-state index in [0.29, 0.717) is 25.7 Å². The number of halogens is 4. The lowest BCUT2D eigenvalue weighted by Crippen LogP contribution is -2.38. The lowest BCUT2D eigenvalue weighted by atomic mass is 9.94. The SMILES string of the molecule is O=C(Nc1cc(F)c(F)c(Cl)c1)c1cc(S(=O)(=O)NC2CCC(O)CC2)ccc1Cl. The fraction of sp³-hybridized carbons (Fsp3) is 0.316. The Bertz CT molecular complexity index is 1050. The van der Waals surface area contributed by atoms with E-state index in [-0.39, 0.29) is 27.2 Å². The Morgan fingerprint density at radius 3 is 2.33 bits per heavy atom. The summed E-state index contributed by atoms with van der Waals surface area (Å²) in [7, 11) is -3.94. The Hall–Kier alpha value is -1.78. The molecule has 0 unspecified atom stereocenters. The van der Waals surface area contributed by atoms with Gasteiger partial charge >= 0.3 is 0 Å². The summed E-state index contributed by atoms with van der Waals surface area (Å²) in [5.41, 5.74) is -0.286. The third-order valence-corrected chi connectivity index (χ3v) is 6.88. The first-order valence-electron chi connectivity index (χ1n) is 9.02. The van der Waals surface area contributed by atoms with E-state index >= 15 is 0 Å². The summed E-state index contributed by atoms with van der Waals surface area (Å²) in [5, 5.41) is 11.3. The summed E-state index contributed by atoms with van der Waals surface area (Å²) in [6.07, 6.45) is 1.56. The molecule has 0 bridgehead atoms. The molecule has 1 fully saturated rings. The van der Waals surface area contributed by atoms with Gasteiger partial charge in [0, 0.05) is 17.8 Å². The van der Waals surface area contributed by atoms with Gasteiger partial charge in [-0.3, -0.25) is 4.79 Å². The highest BCUT2D eigenvalue weighted by molar-refractivity contribution is 7.89. The van der Waals surface area contributed by atoms with E-state index in [0.717, 1.165) is 18.2 Å². The minimum absolute atomic E-state index is 0.0269.